The highest BCUT2D eigenvalue weighted by atomic mass is 16.4. The van der Waals surface area contributed by atoms with Gasteiger partial charge in [0.2, 0.25) is 17.7 Å². The predicted molar refractivity (Wildman–Crippen MR) is 85.5 cm³/mol. The molecule has 0 aromatic rings. The quantitative estimate of drug-likeness (QED) is 0.434. The third kappa shape index (κ3) is 4.92. The second kappa shape index (κ2) is 8.62. The molecule has 6 N–H and O–H groups in total. The Bertz CT molecular complexity index is 510. The number of carboxylic acids is 1. The number of hydrogen-bond donors (Lipinski definition) is 4. The molecule has 4 atom stereocenters. The van der Waals surface area contributed by atoms with Crippen molar-refractivity contribution in [3.63, 3.8) is 0 Å². The Hall–Kier alpha value is -2.16. The van der Waals surface area contributed by atoms with E-state index in [1.807, 2.05) is 6.92 Å². The molecule has 1 aliphatic heterocycles. The van der Waals surface area contributed by atoms with Gasteiger partial charge in [-0.05, 0) is 18.8 Å². The van der Waals surface area contributed by atoms with Crippen LogP contribution in [0, 0.1) is 5.92 Å². The molecular weight excluding hydrogens is 316 g/mol. The van der Waals surface area contributed by atoms with Gasteiger partial charge < -0.3 is 26.8 Å². The maximum atomic E-state index is 12.6. The van der Waals surface area contributed by atoms with E-state index in [4.69, 9.17) is 11.5 Å². The number of primary amides is 1. The highest BCUT2D eigenvalue weighted by Gasteiger charge is 2.38. The van der Waals surface area contributed by atoms with Gasteiger partial charge in [0.15, 0.2) is 0 Å². The van der Waals surface area contributed by atoms with E-state index in [1.165, 1.54) is 4.90 Å². The molecule has 0 radical (unpaired) electrons. The zero-order valence-electron chi connectivity index (χ0n) is 14.0. The van der Waals surface area contributed by atoms with E-state index in [0.29, 0.717) is 19.3 Å². The lowest BCUT2D eigenvalue weighted by atomic mass is 9.99. The Morgan fingerprint density at radius 3 is 2.46 bits per heavy atom. The molecule has 0 unspecified atom stereocenters. The highest BCUT2D eigenvalue weighted by Crippen LogP contribution is 2.19. The lowest BCUT2D eigenvalue weighted by Crippen LogP contribution is -2.56. The number of carbonyl (C=O) groups is 4. The first-order valence-electron chi connectivity index (χ1n) is 8.06. The molecule has 9 nitrogen and oxygen atoms in total. The van der Waals surface area contributed by atoms with E-state index in [2.05, 4.69) is 5.32 Å². The van der Waals surface area contributed by atoms with Crippen molar-refractivity contribution in [1.82, 2.24) is 10.2 Å². The summed E-state index contributed by atoms with van der Waals surface area (Å²) in [6, 6.07) is -2.98. The van der Waals surface area contributed by atoms with E-state index < -0.39 is 48.2 Å². The van der Waals surface area contributed by atoms with Crippen LogP contribution in [0.15, 0.2) is 0 Å². The summed E-state index contributed by atoms with van der Waals surface area (Å²) in [5, 5.41) is 11.6. The van der Waals surface area contributed by atoms with E-state index in [0.717, 1.165) is 0 Å². The van der Waals surface area contributed by atoms with E-state index in [9.17, 15) is 24.3 Å². The molecule has 0 saturated carbocycles. The topological polar surface area (TPSA) is 156 Å². The van der Waals surface area contributed by atoms with Crippen molar-refractivity contribution >= 4 is 23.7 Å². The smallest absolute Gasteiger partial charge is 0.326 e. The van der Waals surface area contributed by atoms with Crippen molar-refractivity contribution in [3.05, 3.63) is 0 Å². The fourth-order valence-corrected chi connectivity index (χ4v) is 2.67. The second-order valence-electron chi connectivity index (χ2n) is 6.17. The molecule has 1 aliphatic rings. The molecule has 1 rings (SSSR count). The van der Waals surface area contributed by atoms with Gasteiger partial charge in [0, 0.05) is 6.54 Å². The van der Waals surface area contributed by atoms with Crippen LogP contribution in [-0.4, -0.2) is 58.4 Å². The summed E-state index contributed by atoms with van der Waals surface area (Å²) in [5.41, 5.74) is 11.0. The molecule has 0 aromatic heterocycles. The first-order valence-corrected chi connectivity index (χ1v) is 8.06. The molecule has 0 aromatic carbocycles. The lowest BCUT2D eigenvalue weighted by Gasteiger charge is -2.28. The molecule has 0 bridgehead atoms. The molecule has 136 valence electrons. The van der Waals surface area contributed by atoms with E-state index >= 15 is 0 Å². The molecule has 9 heteroatoms. The average molecular weight is 342 g/mol. The average Bonchev–Trinajstić information content (AvgIpc) is 3.01. The van der Waals surface area contributed by atoms with Crippen molar-refractivity contribution in [2.45, 2.75) is 57.7 Å². The van der Waals surface area contributed by atoms with E-state index in [1.54, 1.807) is 6.92 Å². The van der Waals surface area contributed by atoms with Gasteiger partial charge in [-0.1, -0.05) is 20.3 Å². The van der Waals surface area contributed by atoms with Gasteiger partial charge in [0.05, 0.1) is 12.5 Å². The fraction of sp³-hybridized carbons (Fsp3) is 0.733. The number of carboxylic acid groups (broad SMARTS) is 1. The van der Waals surface area contributed by atoms with Crippen LogP contribution in [0.3, 0.4) is 0 Å². The number of amides is 3. The van der Waals surface area contributed by atoms with E-state index in [-0.39, 0.29) is 12.5 Å². The Labute approximate surface area is 140 Å². The first kappa shape index (κ1) is 19.9. The molecule has 1 fully saturated rings. The number of nitrogens with two attached hydrogens (primary N) is 2. The third-order valence-electron chi connectivity index (χ3n) is 4.40. The van der Waals surface area contributed by atoms with Crippen LogP contribution in [0.4, 0.5) is 0 Å². The molecule has 1 saturated heterocycles. The molecule has 3 amide bonds. The maximum Gasteiger partial charge on any atom is 0.326 e. The lowest BCUT2D eigenvalue weighted by molar-refractivity contribution is -0.149. The zero-order valence-corrected chi connectivity index (χ0v) is 14.0. The largest absolute Gasteiger partial charge is 0.480 e. The minimum Gasteiger partial charge on any atom is -0.480 e. The number of likely N-dealkylation sites (tertiary alicyclic amines) is 1. The SMILES string of the molecule is CC[C@H](C)[C@H](N)C(=O)N[C@@H](CC(N)=O)C(=O)N1CCC[C@@H]1C(=O)O. The number of nitrogens with zero attached hydrogens (tertiary/aromatic N) is 1. The van der Waals surface area contributed by atoms with Crippen LogP contribution in [0.2, 0.25) is 0 Å². The summed E-state index contributed by atoms with van der Waals surface area (Å²) in [6.07, 6.45) is 1.16. The number of nitrogens with one attached hydrogen (secondary N) is 1. The normalized spacial score (nSPS) is 21.0. The summed E-state index contributed by atoms with van der Waals surface area (Å²) in [6.45, 7) is 3.94. The Balaban J connectivity index is 2.88. The second-order valence-corrected chi connectivity index (χ2v) is 6.17. The summed E-state index contributed by atoms with van der Waals surface area (Å²) >= 11 is 0. The van der Waals surface area contributed by atoms with Gasteiger partial charge in [0.1, 0.15) is 12.1 Å². The van der Waals surface area contributed by atoms with Crippen LogP contribution < -0.4 is 16.8 Å². The predicted octanol–water partition coefficient (Wildman–Crippen LogP) is -1.20. The van der Waals surface area contributed by atoms with Gasteiger partial charge in [-0.3, -0.25) is 14.4 Å². The number of aliphatic carboxylic acids is 1. The molecule has 24 heavy (non-hydrogen) atoms. The van der Waals surface area contributed by atoms with Crippen LogP contribution in [0.25, 0.3) is 0 Å². The third-order valence-corrected chi connectivity index (χ3v) is 4.40. The van der Waals surface area contributed by atoms with Gasteiger partial charge in [0.25, 0.3) is 0 Å². The van der Waals surface area contributed by atoms with Gasteiger partial charge in [-0.2, -0.15) is 0 Å². The summed E-state index contributed by atoms with van der Waals surface area (Å²) in [7, 11) is 0. The van der Waals surface area contributed by atoms with Gasteiger partial charge in [-0.15, -0.1) is 0 Å². The van der Waals surface area contributed by atoms with Crippen LogP contribution >= 0.6 is 0 Å². The number of carbonyl (C=O) groups excluding carboxylic acids is 3. The standard InChI is InChI=1S/C15H26N4O5/c1-3-8(2)12(17)13(21)18-9(7-11(16)20)14(22)19-6-4-5-10(19)15(23)24/h8-10,12H,3-7,17H2,1-2H3,(H2,16,20)(H,18,21)(H,23,24)/t8-,9-,10+,12-/m0/s1. The molecule has 0 aliphatic carbocycles. The number of rotatable bonds is 8. The van der Waals surface area contributed by atoms with Gasteiger partial charge in [-0.25, -0.2) is 4.79 Å². The first-order chi connectivity index (χ1) is 11.2. The van der Waals surface area contributed by atoms with Crippen LogP contribution in [0.5, 0.6) is 0 Å². The van der Waals surface area contributed by atoms with Gasteiger partial charge >= 0.3 is 5.97 Å². The Morgan fingerprint density at radius 2 is 1.96 bits per heavy atom. The van der Waals surface area contributed by atoms with Crippen molar-refractivity contribution in [2.75, 3.05) is 6.54 Å². The Morgan fingerprint density at radius 1 is 1.33 bits per heavy atom. The van der Waals surface area contributed by atoms with Crippen LogP contribution in [-0.2, 0) is 19.2 Å². The van der Waals surface area contributed by atoms with Crippen molar-refractivity contribution in [1.29, 1.82) is 0 Å². The van der Waals surface area contributed by atoms with Crippen molar-refractivity contribution < 1.29 is 24.3 Å². The number of hydrogen-bond acceptors (Lipinski definition) is 5. The zero-order chi connectivity index (χ0) is 18.4. The van der Waals surface area contributed by atoms with Crippen molar-refractivity contribution in [3.8, 4) is 0 Å². The maximum absolute atomic E-state index is 12.6. The molecular formula is C15H26N4O5. The molecule has 0 spiro atoms. The van der Waals surface area contributed by atoms with Crippen molar-refractivity contribution in [2.24, 2.45) is 17.4 Å². The molecule has 1 heterocycles. The fourth-order valence-electron chi connectivity index (χ4n) is 2.67. The summed E-state index contributed by atoms with van der Waals surface area (Å²) in [5.74, 6) is -3.16. The summed E-state index contributed by atoms with van der Waals surface area (Å²) < 4.78 is 0. The minimum absolute atomic E-state index is 0.104. The Kier molecular flexibility index (Phi) is 7.15. The highest BCUT2D eigenvalue weighted by molar-refractivity contribution is 5.94. The van der Waals surface area contributed by atoms with Crippen LogP contribution in [0.1, 0.15) is 39.5 Å². The summed E-state index contributed by atoms with van der Waals surface area (Å²) in [4.78, 5) is 48.4. The monoisotopic (exact) mass is 342 g/mol. The minimum atomic E-state index is -1.20.